The van der Waals surface area contributed by atoms with Gasteiger partial charge in [-0.3, -0.25) is 62.3 Å². The normalized spacial score (nSPS) is 17.6. The number of nitrogens with two attached hydrogens (primary N) is 2. The molecule has 2 aliphatic heterocycles. The highest BCUT2D eigenvalue weighted by Gasteiger charge is 2.41. The van der Waals surface area contributed by atoms with Crippen LogP contribution in [0.1, 0.15) is 103 Å². The van der Waals surface area contributed by atoms with Crippen LogP contribution in [0.3, 0.4) is 0 Å². The Labute approximate surface area is 514 Å². The van der Waals surface area contributed by atoms with E-state index >= 15 is 0 Å². The van der Waals surface area contributed by atoms with Crippen molar-refractivity contribution in [3.8, 4) is 5.75 Å². The highest BCUT2D eigenvalue weighted by molar-refractivity contribution is 7.98. The van der Waals surface area contributed by atoms with Crippen LogP contribution < -0.4 is 64.6 Å². The van der Waals surface area contributed by atoms with E-state index in [9.17, 15) is 77.6 Å². The van der Waals surface area contributed by atoms with Crippen molar-refractivity contribution in [3.63, 3.8) is 0 Å². The largest absolute Gasteiger partial charge is 0.508 e. The van der Waals surface area contributed by atoms with Crippen LogP contribution >= 0.6 is 11.8 Å². The monoisotopic (exact) mass is 1250 g/mol. The Hall–Kier alpha value is -8.38. The Kier molecular flexibility index (Phi) is 29.5. The van der Waals surface area contributed by atoms with Gasteiger partial charge in [-0.2, -0.15) is 11.8 Å². The van der Waals surface area contributed by atoms with Gasteiger partial charge in [0.05, 0.1) is 19.1 Å². The van der Waals surface area contributed by atoms with E-state index in [4.69, 9.17) is 11.5 Å². The summed E-state index contributed by atoms with van der Waals surface area (Å²) in [5, 5.41) is 56.1. The smallest absolute Gasteiger partial charge is 0.305 e. The number of primary amides is 1. The minimum absolute atomic E-state index is 0.0524. The molecule has 484 valence electrons. The number of nitrogens with one attached hydrogen (secondary N) is 10. The number of hydrogen-bond acceptors (Lipinski definition) is 17. The van der Waals surface area contributed by atoms with Crippen molar-refractivity contribution < 1.29 is 77.6 Å². The molecule has 0 saturated carbocycles. The fraction of sp³-hybridized carbons (Fsp3) is 0.569. The number of phenolic OH excluding ortho intramolecular Hbond substituents is 1. The number of aliphatic hydroxyl groups excluding tert-OH is 1. The molecule has 0 spiro atoms. The van der Waals surface area contributed by atoms with Crippen LogP contribution in [0.4, 0.5) is 0 Å². The lowest BCUT2D eigenvalue weighted by atomic mass is 10.0. The third-order valence-electron chi connectivity index (χ3n) is 14.5. The molecular formula is C58H85N13O16S. The summed E-state index contributed by atoms with van der Waals surface area (Å²) in [7, 11) is 0. The highest BCUT2D eigenvalue weighted by atomic mass is 32.2. The third kappa shape index (κ3) is 23.7. The third-order valence-corrected chi connectivity index (χ3v) is 15.2. The van der Waals surface area contributed by atoms with Crippen LogP contribution in [0.15, 0.2) is 54.6 Å². The fourth-order valence-corrected chi connectivity index (χ4v) is 10.2. The van der Waals surface area contributed by atoms with Crippen LogP contribution in [-0.2, 0) is 75.2 Å². The van der Waals surface area contributed by atoms with Crippen LogP contribution in [-0.4, -0.2) is 195 Å². The molecule has 0 bridgehead atoms. The van der Waals surface area contributed by atoms with Gasteiger partial charge in [-0.25, -0.2) is 0 Å². The quantitative estimate of drug-likeness (QED) is 0.0298. The number of carboxylic acids is 1. The minimum Gasteiger partial charge on any atom is -0.508 e. The number of aromatic hydroxyl groups is 1. The van der Waals surface area contributed by atoms with Gasteiger partial charge in [-0.05, 0) is 113 Å². The number of thioether (sulfide) groups is 1. The first-order valence-corrected chi connectivity index (χ1v) is 30.6. The second-order valence-corrected chi connectivity index (χ2v) is 23.2. The first-order valence-electron chi connectivity index (χ1n) is 29.2. The zero-order valence-corrected chi connectivity index (χ0v) is 50.9. The van der Waals surface area contributed by atoms with E-state index in [0.717, 1.165) is 4.90 Å². The van der Waals surface area contributed by atoms with Gasteiger partial charge in [0, 0.05) is 25.8 Å². The summed E-state index contributed by atoms with van der Waals surface area (Å²) in [6.07, 6.45) is 0.438. The molecule has 11 unspecified atom stereocenters. The van der Waals surface area contributed by atoms with Gasteiger partial charge in [0.2, 0.25) is 70.9 Å². The zero-order valence-electron chi connectivity index (χ0n) is 50.1. The number of amides is 12. The predicted molar refractivity (Wildman–Crippen MR) is 320 cm³/mol. The molecule has 2 aromatic carbocycles. The van der Waals surface area contributed by atoms with Crippen LogP contribution in [0.5, 0.6) is 5.75 Å². The van der Waals surface area contributed by atoms with Gasteiger partial charge in [-0.15, -0.1) is 0 Å². The van der Waals surface area contributed by atoms with E-state index in [2.05, 4.69) is 53.2 Å². The number of carbonyl (C=O) groups excluding carboxylic acids is 12. The number of nitrogens with zero attached hydrogens (tertiary/aromatic N) is 1. The first kappa shape index (κ1) is 72.1. The Morgan fingerprint density at radius 2 is 1.27 bits per heavy atom. The molecule has 2 fully saturated rings. The molecule has 0 aromatic heterocycles. The molecule has 2 aliphatic rings. The van der Waals surface area contributed by atoms with Gasteiger partial charge >= 0.3 is 5.97 Å². The molecule has 30 heteroatoms. The lowest BCUT2D eigenvalue weighted by Gasteiger charge is -2.30. The predicted octanol–water partition coefficient (Wildman–Crippen LogP) is -3.27. The summed E-state index contributed by atoms with van der Waals surface area (Å²) in [6.45, 7) is 5.57. The molecule has 17 N–H and O–H groups in total. The number of aliphatic hydroxyl groups is 1. The average molecular weight is 1250 g/mol. The Morgan fingerprint density at radius 3 is 1.86 bits per heavy atom. The van der Waals surface area contributed by atoms with Gasteiger partial charge in [0.1, 0.15) is 66.2 Å². The summed E-state index contributed by atoms with van der Waals surface area (Å²) >= 11 is 1.45. The lowest BCUT2D eigenvalue weighted by Crippen LogP contribution is -2.62. The van der Waals surface area contributed by atoms with Crippen molar-refractivity contribution >= 4 is 88.6 Å². The van der Waals surface area contributed by atoms with Gasteiger partial charge < -0.3 is 84.9 Å². The van der Waals surface area contributed by atoms with Crippen molar-refractivity contribution in [1.29, 1.82) is 0 Å². The van der Waals surface area contributed by atoms with E-state index in [0.29, 0.717) is 23.3 Å². The maximum Gasteiger partial charge on any atom is 0.305 e. The maximum absolute atomic E-state index is 14.6. The van der Waals surface area contributed by atoms with Crippen molar-refractivity contribution in [3.05, 3.63) is 65.7 Å². The Morgan fingerprint density at radius 1 is 0.670 bits per heavy atom. The van der Waals surface area contributed by atoms with Gasteiger partial charge in [-0.1, -0.05) is 56.3 Å². The number of carboxylic acid groups (broad SMARTS) is 1. The van der Waals surface area contributed by atoms with Crippen LogP contribution in [0.25, 0.3) is 0 Å². The molecule has 2 heterocycles. The Bertz CT molecular complexity index is 2780. The van der Waals surface area contributed by atoms with Crippen molar-refractivity contribution in [2.24, 2.45) is 17.4 Å². The number of hydrogen-bond donors (Lipinski definition) is 15. The number of phenols is 1. The highest BCUT2D eigenvalue weighted by Crippen LogP contribution is 2.21. The number of benzene rings is 2. The number of rotatable bonds is 36. The summed E-state index contributed by atoms with van der Waals surface area (Å²) in [4.78, 5) is 175. The topological polar surface area (TPSA) is 458 Å². The molecule has 88 heavy (non-hydrogen) atoms. The summed E-state index contributed by atoms with van der Waals surface area (Å²) in [5.41, 5.74) is 12.3. The number of unbranched alkanes of at least 4 members (excludes halogenated alkanes) is 1. The molecule has 11 atom stereocenters. The molecule has 12 amide bonds. The van der Waals surface area contributed by atoms with Crippen molar-refractivity contribution in [2.45, 2.75) is 171 Å². The molecule has 2 saturated heterocycles. The summed E-state index contributed by atoms with van der Waals surface area (Å²) in [5.74, 6) is -11.0. The lowest BCUT2D eigenvalue weighted by molar-refractivity contribution is -0.146. The second-order valence-electron chi connectivity index (χ2n) is 22.2. The summed E-state index contributed by atoms with van der Waals surface area (Å²) in [6, 6.07) is 0.564. The second kappa shape index (κ2) is 36.1. The SMILES string of the molecule is CSCCC(NC(=O)C(CC(C)C)NC(=O)CNC(=O)C(Cc1ccc(O)cc1)NC(=O)C(Cc1ccccc1)NC(=O)C(NC(=O)C(CCCCN)NC(=O)C1CCCN1C(=O)C(CC(=O)O)NC(=O)C(C)NC(=O)C1CCC(=O)N1)C(C)O)C(N)=O. The number of carbonyl (C=O) groups is 13. The van der Waals surface area contributed by atoms with E-state index < -0.39 is 150 Å². The molecule has 29 nitrogen and oxygen atoms in total. The number of likely N-dealkylation sites (tertiary alicyclic amines) is 1. The maximum atomic E-state index is 14.6. The molecule has 0 aliphatic carbocycles. The summed E-state index contributed by atoms with van der Waals surface area (Å²) < 4.78 is 0. The van der Waals surface area contributed by atoms with Gasteiger partial charge in [0.15, 0.2) is 0 Å². The minimum atomic E-state index is -1.80. The van der Waals surface area contributed by atoms with E-state index in [1.807, 2.05) is 20.1 Å². The molecule has 2 aromatic rings. The average Bonchev–Trinajstić information content (AvgIpc) is 2.15. The van der Waals surface area contributed by atoms with E-state index in [1.165, 1.54) is 49.9 Å². The van der Waals surface area contributed by atoms with Crippen molar-refractivity contribution in [1.82, 2.24) is 58.1 Å². The van der Waals surface area contributed by atoms with E-state index in [-0.39, 0.29) is 94.9 Å². The first-order chi connectivity index (χ1) is 41.7. The van der Waals surface area contributed by atoms with Gasteiger partial charge in [0.25, 0.3) is 0 Å². The molecule has 4 rings (SSSR count). The molecular weight excluding hydrogens is 1170 g/mol. The van der Waals surface area contributed by atoms with Crippen molar-refractivity contribution in [2.75, 3.05) is 31.6 Å². The fourth-order valence-electron chi connectivity index (χ4n) is 9.76. The molecule has 0 radical (unpaired) electrons. The zero-order chi connectivity index (χ0) is 65.2. The number of aliphatic carboxylic acids is 1. The van der Waals surface area contributed by atoms with Crippen LogP contribution in [0.2, 0.25) is 0 Å². The standard InChI is InChI=1S/C58H85N13O16S/c1-31(2)26-40(54(83)65-37(49(60)78)22-25-88-5)64-46(75)30-61-51(80)41(28-35-16-18-36(73)19-17-35)67-55(84)42(27-34-12-7-6-8-13-34)68-57(86)48(33(4)72)70-53(82)38(14-9-10-23-59)66-56(85)44-15-11-24-71(44)58(87)43(29-47(76)77)69-50(79)32(3)62-52(81)39-20-21-45(74)63-39/h6-8,12-13,16-19,31-33,37-44,48,72-73H,9-11,14-15,20-30,59H2,1-5H3,(H2,60,78)(H,61,80)(H,62,81)(H,63,74)(H,64,75)(H,65,83)(H,66,85)(H,67,84)(H,68,86)(H,69,79)(H,70,82)(H,76,77). The van der Waals surface area contributed by atoms with Crippen LogP contribution in [0, 0.1) is 5.92 Å². The van der Waals surface area contributed by atoms with E-state index in [1.54, 1.807) is 30.3 Å². The Balaban J connectivity index is 1.53.